The van der Waals surface area contributed by atoms with Crippen LogP contribution >= 0.6 is 0 Å². The zero-order valence-corrected chi connectivity index (χ0v) is 13.2. The lowest BCUT2D eigenvalue weighted by Crippen LogP contribution is -2.24. The number of methoxy groups -OCH3 is 1. The monoisotopic (exact) mass is 277 g/mol. The van der Waals surface area contributed by atoms with E-state index in [1.807, 2.05) is 0 Å². The van der Waals surface area contributed by atoms with Gasteiger partial charge in [-0.05, 0) is 41.9 Å². The molecule has 2 rings (SSSR count). The van der Waals surface area contributed by atoms with Crippen molar-refractivity contribution in [3.05, 3.63) is 23.8 Å². The lowest BCUT2D eigenvalue weighted by atomic mass is 9.86. The lowest BCUT2D eigenvalue weighted by molar-refractivity contribution is 0.0595. The van der Waals surface area contributed by atoms with Gasteiger partial charge in [0.15, 0.2) is 0 Å². The Kier molecular flexibility index (Phi) is 4.92. The molecule has 112 valence electrons. The highest BCUT2D eigenvalue weighted by molar-refractivity contribution is 5.59. The van der Waals surface area contributed by atoms with Gasteiger partial charge in [0.2, 0.25) is 0 Å². The maximum atomic E-state index is 5.53. The molecule has 1 atom stereocenters. The van der Waals surface area contributed by atoms with Gasteiger partial charge in [0.1, 0.15) is 5.75 Å². The van der Waals surface area contributed by atoms with E-state index in [2.05, 4.69) is 44.3 Å². The van der Waals surface area contributed by atoms with Gasteiger partial charge in [-0.2, -0.15) is 0 Å². The fourth-order valence-corrected chi connectivity index (χ4v) is 2.54. The summed E-state index contributed by atoms with van der Waals surface area (Å²) in [5, 5.41) is 3.54. The molecule has 3 heteroatoms. The Hall–Kier alpha value is -1.22. The van der Waals surface area contributed by atoms with Crippen LogP contribution in [0.5, 0.6) is 5.75 Å². The van der Waals surface area contributed by atoms with Gasteiger partial charge < -0.3 is 14.8 Å². The quantitative estimate of drug-likeness (QED) is 0.907. The van der Waals surface area contributed by atoms with Crippen LogP contribution in [0.25, 0.3) is 0 Å². The summed E-state index contributed by atoms with van der Waals surface area (Å²) < 4.78 is 11.0. The van der Waals surface area contributed by atoms with E-state index in [1.165, 1.54) is 18.4 Å². The molecule has 0 radical (unpaired) electrons. The second-order valence-corrected chi connectivity index (χ2v) is 6.63. The number of anilines is 1. The number of hydrogen-bond donors (Lipinski definition) is 1. The average molecular weight is 277 g/mol. The highest BCUT2D eigenvalue weighted by atomic mass is 16.5. The fraction of sp³-hybridized carbons (Fsp3) is 0.647. The predicted molar refractivity (Wildman–Crippen MR) is 83.7 cm³/mol. The summed E-state index contributed by atoms with van der Waals surface area (Å²) in [5.74, 6) is 1.52. The summed E-state index contributed by atoms with van der Waals surface area (Å²) in [5.41, 5.74) is 2.56. The van der Waals surface area contributed by atoms with Gasteiger partial charge in [-0.1, -0.05) is 26.8 Å². The molecule has 0 amide bonds. The van der Waals surface area contributed by atoms with E-state index in [-0.39, 0.29) is 5.41 Å². The van der Waals surface area contributed by atoms with E-state index >= 15 is 0 Å². The molecule has 1 saturated heterocycles. The first-order valence-electron chi connectivity index (χ1n) is 7.51. The van der Waals surface area contributed by atoms with E-state index < -0.39 is 0 Å². The van der Waals surface area contributed by atoms with Crippen LogP contribution in [0.1, 0.15) is 39.2 Å². The Labute approximate surface area is 122 Å². The van der Waals surface area contributed by atoms with E-state index in [4.69, 9.17) is 9.47 Å². The minimum atomic E-state index is 0.149. The molecular formula is C17H27NO2. The summed E-state index contributed by atoms with van der Waals surface area (Å²) in [6, 6.07) is 6.41. The standard InChI is InChI=1S/C17H27NO2/c1-17(2,3)14-7-8-16(19-4)15(10-14)18-11-13-6-5-9-20-12-13/h7-8,10,13,18H,5-6,9,11-12H2,1-4H3. The third kappa shape index (κ3) is 3.89. The van der Waals surface area contributed by atoms with Crippen LogP contribution < -0.4 is 10.1 Å². The van der Waals surface area contributed by atoms with Gasteiger partial charge in [-0.15, -0.1) is 0 Å². The normalized spacial score (nSPS) is 19.7. The Bertz CT molecular complexity index is 431. The third-order valence-corrected chi connectivity index (χ3v) is 3.90. The first-order valence-corrected chi connectivity index (χ1v) is 7.51. The van der Waals surface area contributed by atoms with Crippen molar-refractivity contribution >= 4 is 5.69 Å². The molecule has 20 heavy (non-hydrogen) atoms. The van der Waals surface area contributed by atoms with Gasteiger partial charge in [0.25, 0.3) is 0 Å². The molecule has 0 saturated carbocycles. The van der Waals surface area contributed by atoms with Crippen molar-refractivity contribution in [2.24, 2.45) is 5.92 Å². The van der Waals surface area contributed by atoms with Gasteiger partial charge in [-0.3, -0.25) is 0 Å². The number of hydrogen-bond acceptors (Lipinski definition) is 3. The van der Waals surface area contributed by atoms with Crippen LogP contribution in [-0.2, 0) is 10.2 Å². The van der Waals surface area contributed by atoms with E-state index in [0.29, 0.717) is 5.92 Å². The van der Waals surface area contributed by atoms with E-state index in [9.17, 15) is 0 Å². The summed E-state index contributed by atoms with van der Waals surface area (Å²) in [4.78, 5) is 0. The highest BCUT2D eigenvalue weighted by Crippen LogP contribution is 2.31. The topological polar surface area (TPSA) is 30.5 Å². The Morgan fingerprint density at radius 1 is 1.35 bits per heavy atom. The Balaban J connectivity index is 2.07. The number of rotatable bonds is 4. The summed E-state index contributed by atoms with van der Waals surface area (Å²) >= 11 is 0. The van der Waals surface area contributed by atoms with Crippen molar-refractivity contribution < 1.29 is 9.47 Å². The van der Waals surface area contributed by atoms with Gasteiger partial charge in [0, 0.05) is 13.2 Å². The molecule has 0 spiro atoms. The largest absolute Gasteiger partial charge is 0.495 e. The predicted octanol–water partition coefficient (Wildman–Crippen LogP) is 3.83. The minimum absolute atomic E-state index is 0.149. The maximum Gasteiger partial charge on any atom is 0.141 e. The molecule has 1 unspecified atom stereocenters. The molecule has 0 bridgehead atoms. The van der Waals surface area contributed by atoms with Crippen molar-refractivity contribution in [1.82, 2.24) is 0 Å². The second kappa shape index (κ2) is 6.49. The lowest BCUT2D eigenvalue weighted by Gasteiger charge is -2.25. The Morgan fingerprint density at radius 2 is 2.15 bits per heavy atom. The smallest absolute Gasteiger partial charge is 0.141 e. The van der Waals surface area contributed by atoms with Gasteiger partial charge in [-0.25, -0.2) is 0 Å². The molecule has 1 N–H and O–H groups in total. The van der Waals surface area contributed by atoms with Crippen LogP contribution in [0.2, 0.25) is 0 Å². The van der Waals surface area contributed by atoms with Crippen LogP contribution in [0, 0.1) is 5.92 Å². The minimum Gasteiger partial charge on any atom is -0.495 e. The molecule has 3 nitrogen and oxygen atoms in total. The van der Waals surface area contributed by atoms with Crippen molar-refractivity contribution in [3.63, 3.8) is 0 Å². The molecule has 1 fully saturated rings. The molecule has 1 heterocycles. The van der Waals surface area contributed by atoms with E-state index in [0.717, 1.165) is 31.2 Å². The molecular weight excluding hydrogens is 250 g/mol. The zero-order valence-electron chi connectivity index (χ0n) is 13.2. The maximum absolute atomic E-state index is 5.53. The van der Waals surface area contributed by atoms with Crippen LogP contribution in [0.4, 0.5) is 5.69 Å². The van der Waals surface area contributed by atoms with Crippen molar-refractivity contribution in [3.8, 4) is 5.75 Å². The van der Waals surface area contributed by atoms with Crippen molar-refractivity contribution in [2.45, 2.75) is 39.0 Å². The van der Waals surface area contributed by atoms with Crippen LogP contribution in [0.3, 0.4) is 0 Å². The second-order valence-electron chi connectivity index (χ2n) is 6.63. The van der Waals surface area contributed by atoms with Crippen molar-refractivity contribution in [2.75, 3.05) is 32.2 Å². The number of nitrogens with one attached hydrogen (secondary N) is 1. The molecule has 0 aliphatic carbocycles. The SMILES string of the molecule is COc1ccc(C(C)(C)C)cc1NCC1CCCOC1. The van der Waals surface area contributed by atoms with Gasteiger partial charge in [0.05, 0.1) is 19.4 Å². The summed E-state index contributed by atoms with van der Waals surface area (Å²) in [7, 11) is 1.72. The zero-order chi connectivity index (χ0) is 14.6. The first-order chi connectivity index (χ1) is 9.50. The average Bonchev–Trinajstić information content (AvgIpc) is 2.45. The van der Waals surface area contributed by atoms with Gasteiger partial charge >= 0.3 is 0 Å². The number of ether oxygens (including phenoxy) is 2. The molecule has 1 aromatic rings. The molecule has 1 aliphatic heterocycles. The molecule has 0 aromatic heterocycles. The molecule has 1 aliphatic rings. The third-order valence-electron chi connectivity index (χ3n) is 3.90. The van der Waals surface area contributed by atoms with Crippen LogP contribution in [0.15, 0.2) is 18.2 Å². The molecule has 1 aromatic carbocycles. The first kappa shape index (κ1) is 15.2. The summed E-state index contributed by atoms with van der Waals surface area (Å²) in [6.07, 6.45) is 2.42. The summed E-state index contributed by atoms with van der Waals surface area (Å²) in [6.45, 7) is 9.42. The number of benzene rings is 1. The van der Waals surface area contributed by atoms with Crippen molar-refractivity contribution in [1.29, 1.82) is 0 Å². The highest BCUT2D eigenvalue weighted by Gasteiger charge is 2.17. The fourth-order valence-electron chi connectivity index (χ4n) is 2.54. The van der Waals surface area contributed by atoms with Crippen LogP contribution in [-0.4, -0.2) is 26.9 Å². The van der Waals surface area contributed by atoms with E-state index in [1.54, 1.807) is 7.11 Å². The Morgan fingerprint density at radius 3 is 2.75 bits per heavy atom.